The van der Waals surface area contributed by atoms with Crippen molar-refractivity contribution < 1.29 is 9.59 Å². The maximum Gasteiger partial charge on any atom is 0.224 e. The minimum absolute atomic E-state index is 0.0661. The van der Waals surface area contributed by atoms with Gasteiger partial charge in [-0.25, -0.2) is 0 Å². The van der Waals surface area contributed by atoms with Crippen molar-refractivity contribution in [2.75, 3.05) is 26.2 Å². The number of rotatable bonds is 4. The predicted molar refractivity (Wildman–Crippen MR) is 57.3 cm³/mol. The van der Waals surface area contributed by atoms with Gasteiger partial charge in [0.25, 0.3) is 0 Å². The van der Waals surface area contributed by atoms with Gasteiger partial charge in [0.2, 0.25) is 11.8 Å². The van der Waals surface area contributed by atoms with Crippen molar-refractivity contribution in [1.82, 2.24) is 16.0 Å². The van der Waals surface area contributed by atoms with Gasteiger partial charge < -0.3 is 16.0 Å². The van der Waals surface area contributed by atoms with Gasteiger partial charge in [-0.15, -0.1) is 0 Å². The van der Waals surface area contributed by atoms with Crippen molar-refractivity contribution >= 4 is 11.8 Å². The number of amides is 2. The molecule has 0 unspecified atom stereocenters. The Kier molecular flexibility index (Phi) is 5.10. The molecule has 15 heavy (non-hydrogen) atoms. The molecule has 1 fully saturated rings. The van der Waals surface area contributed by atoms with E-state index in [2.05, 4.69) is 16.0 Å². The molecule has 86 valence electrons. The number of carbonyl (C=O) groups is 2. The molecule has 0 aromatic carbocycles. The molecule has 0 radical (unpaired) electrons. The predicted octanol–water partition coefficient (Wildman–Crippen LogP) is -0.762. The average Bonchev–Trinajstić information content (AvgIpc) is 2.25. The van der Waals surface area contributed by atoms with Crippen LogP contribution in [-0.2, 0) is 9.59 Å². The first-order valence-electron chi connectivity index (χ1n) is 5.43. The fraction of sp³-hybridized carbons (Fsp3) is 0.800. The summed E-state index contributed by atoms with van der Waals surface area (Å²) < 4.78 is 0. The lowest BCUT2D eigenvalue weighted by Crippen LogP contribution is -2.42. The Balaban J connectivity index is 2.09. The Morgan fingerprint density at radius 2 is 2.07 bits per heavy atom. The molecule has 0 aromatic heterocycles. The van der Waals surface area contributed by atoms with Crippen LogP contribution in [0.5, 0.6) is 0 Å². The van der Waals surface area contributed by atoms with E-state index in [0.717, 1.165) is 25.9 Å². The second kappa shape index (κ2) is 6.40. The van der Waals surface area contributed by atoms with Crippen molar-refractivity contribution in [3.05, 3.63) is 0 Å². The molecular weight excluding hydrogens is 194 g/mol. The Hall–Kier alpha value is -1.10. The standard InChI is InChI=1S/C10H19N3O2/c1-8(14)12-5-6-13-10(15)9-3-2-4-11-7-9/h9,11H,2-7H2,1H3,(H,12,14)(H,13,15)/t9-/m1/s1. The molecule has 0 bridgehead atoms. The van der Waals surface area contributed by atoms with Gasteiger partial charge in [0.15, 0.2) is 0 Å². The van der Waals surface area contributed by atoms with Crippen LogP contribution in [0.25, 0.3) is 0 Å². The third kappa shape index (κ3) is 4.78. The Labute approximate surface area is 90.0 Å². The molecule has 3 N–H and O–H groups in total. The molecule has 0 spiro atoms. The molecular formula is C10H19N3O2. The summed E-state index contributed by atoms with van der Waals surface area (Å²) in [5, 5.41) is 8.64. The van der Waals surface area contributed by atoms with Gasteiger partial charge in [-0.3, -0.25) is 9.59 Å². The first-order chi connectivity index (χ1) is 7.20. The maximum atomic E-state index is 11.6. The highest BCUT2D eigenvalue weighted by atomic mass is 16.2. The van der Waals surface area contributed by atoms with Crippen LogP contribution in [0.2, 0.25) is 0 Å². The molecule has 1 aliphatic rings. The van der Waals surface area contributed by atoms with E-state index in [4.69, 9.17) is 0 Å². The van der Waals surface area contributed by atoms with Gasteiger partial charge in [0, 0.05) is 26.6 Å². The van der Waals surface area contributed by atoms with Crippen molar-refractivity contribution in [3.8, 4) is 0 Å². The number of hydrogen-bond acceptors (Lipinski definition) is 3. The SMILES string of the molecule is CC(=O)NCCNC(=O)[C@@H]1CCCNC1. The fourth-order valence-corrected chi connectivity index (χ4v) is 1.64. The lowest BCUT2D eigenvalue weighted by Gasteiger charge is -2.21. The van der Waals surface area contributed by atoms with E-state index >= 15 is 0 Å². The van der Waals surface area contributed by atoms with Gasteiger partial charge in [-0.05, 0) is 19.4 Å². The quantitative estimate of drug-likeness (QED) is 0.538. The molecule has 1 saturated heterocycles. The highest BCUT2D eigenvalue weighted by Gasteiger charge is 2.19. The van der Waals surface area contributed by atoms with E-state index in [0.29, 0.717) is 13.1 Å². The number of nitrogens with one attached hydrogen (secondary N) is 3. The van der Waals surface area contributed by atoms with Crippen LogP contribution in [0.4, 0.5) is 0 Å². The van der Waals surface area contributed by atoms with Crippen molar-refractivity contribution in [1.29, 1.82) is 0 Å². The van der Waals surface area contributed by atoms with E-state index in [1.54, 1.807) is 0 Å². The van der Waals surface area contributed by atoms with Crippen molar-refractivity contribution in [2.24, 2.45) is 5.92 Å². The highest BCUT2D eigenvalue weighted by molar-refractivity contribution is 5.79. The normalized spacial score (nSPS) is 20.7. The molecule has 0 aromatic rings. The summed E-state index contributed by atoms with van der Waals surface area (Å²) in [6, 6.07) is 0. The molecule has 0 saturated carbocycles. The summed E-state index contributed by atoms with van der Waals surface area (Å²) in [6.45, 7) is 4.25. The summed E-state index contributed by atoms with van der Waals surface area (Å²) in [7, 11) is 0. The first kappa shape index (κ1) is 12.0. The lowest BCUT2D eigenvalue weighted by atomic mass is 9.99. The molecule has 2 amide bonds. The second-order valence-corrected chi connectivity index (χ2v) is 3.82. The number of hydrogen-bond donors (Lipinski definition) is 3. The monoisotopic (exact) mass is 213 g/mol. The third-order valence-corrected chi connectivity index (χ3v) is 2.47. The second-order valence-electron chi connectivity index (χ2n) is 3.82. The summed E-state index contributed by atoms with van der Waals surface area (Å²) in [5.74, 6) is 0.118. The Morgan fingerprint density at radius 3 is 2.67 bits per heavy atom. The average molecular weight is 213 g/mol. The molecule has 1 atom stereocenters. The summed E-state index contributed by atoms with van der Waals surface area (Å²) in [5.41, 5.74) is 0. The highest BCUT2D eigenvalue weighted by Crippen LogP contribution is 2.09. The topological polar surface area (TPSA) is 70.2 Å². The van der Waals surface area contributed by atoms with Gasteiger partial charge in [0.05, 0.1) is 5.92 Å². The van der Waals surface area contributed by atoms with Gasteiger partial charge in [-0.2, -0.15) is 0 Å². The van der Waals surface area contributed by atoms with Crippen LogP contribution in [0, 0.1) is 5.92 Å². The van der Waals surface area contributed by atoms with E-state index in [1.807, 2.05) is 0 Å². The van der Waals surface area contributed by atoms with Crippen LogP contribution < -0.4 is 16.0 Å². The molecule has 5 heteroatoms. The van der Waals surface area contributed by atoms with Crippen LogP contribution in [0.1, 0.15) is 19.8 Å². The smallest absolute Gasteiger partial charge is 0.224 e. The Morgan fingerprint density at radius 1 is 1.33 bits per heavy atom. The molecule has 5 nitrogen and oxygen atoms in total. The lowest BCUT2D eigenvalue weighted by molar-refractivity contribution is -0.125. The van der Waals surface area contributed by atoms with Crippen molar-refractivity contribution in [2.45, 2.75) is 19.8 Å². The van der Waals surface area contributed by atoms with Gasteiger partial charge in [0.1, 0.15) is 0 Å². The third-order valence-electron chi connectivity index (χ3n) is 2.47. The summed E-state index contributed by atoms with van der Waals surface area (Å²) in [6.07, 6.45) is 2.02. The summed E-state index contributed by atoms with van der Waals surface area (Å²) >= 11 is 0. The van der Waals surface area contributed by atoms with Crippen molar-refractivity contribution in [3.63, 3.8) is 0 Å². The minimum Gasteiger partial charge on any atom is -0.355 e. The Bertz CT molecular complexity index is 225. The van der Waals surface area contributed by atoms with Gasteiger partial charge in [-0.1, -0.05) is 0 Å². The summed E-state index contributed by atoms with van der Waals surface area (Å²) in [4.78, 5) is 22.1. The van der Waals surface area contributed by atoms with E-state index in [9.17, 15) is 9.59 Å². The molecule has 1 heterocycles. The van der Waals surface area contributed by atoms with Crippen LogP contribution in [0.15, 0.2) is 0 Å². The molecule has 0 aliphatic carbocycles. The first-order valence-corrected chi connectivity index (χ1v) is 5.43. The van der Waals surface area contributed by atoms with E-state index in [1.165, 1.54) is 6.92 Å². The van der Waals surface area contributed by atoms with Crippen LogP contribution in [0.3, 0.4) is 0 Å². The minimum atomic E-state index is -0.0661. The maximum absolute atomic E-state index is 11.6. The zero-order valence-corrected chi connectivity index (χ0v) is 9.14. The molecule has 1 aliphatic heterocycles. The zero-order chi connectivity index (χ0) is 11.1. The van der Waals surface area contributed by atoms with Gasteiger partial charge >= 0.3 is 0 Å². The van der Waals surface area contributed by atoms with Crippen LogP contribution >= 0.6 is 0 Å². The molecule has 1 rings (SSSR count). The number of carbonyl (C=O) groups excluding carboxylic acids is 2. The largest absolute Gasteiger partial charge is 0.355 e. The fourth-order valence-electron chi connectivity index (χ4n) is 1.64. The zero-order valence-electron chi connectivity index (χ0n) is 9.14. The van der Waals surface area contributed by atoms with E-state index in [-0.39, 0.29) is 17.7 Å². The number of piperidine rings is 1. The van der Waals surface area contributed by atoms with E-state index < -0.39 is 0 Å². The van der Waals surface area contributed by atoms with Crippen LogP contribution in [-0.4, -0.2) is 38.0 Å².